The van der Waals surface area contributed by atoms with Crippen molar-refractivity contribution in [2.24, 2.45) is 0 Å². The lowest BCUT2D eigenvalue weighted by Crippen LogP contribution is -2.48. The van der Waals surface area contributed by atoms with Gasteiger partial charge in [-0.2, -0.15) is 0 Å². The van der Waals surface area contributed by atoms with Crippen molar-refractivity contribution in [2.45, 2.75) is 38.2 Å². The SMILES string of the molecule is CC1(NCc2ccc(OC(F)(F)F)c(Br)c2)CCCOC1. The maximum Gasteiger partial charge on any atom is 0.573 e. The fourth-order valence-electron chi connectivity index (χ4n) is 2.25. The molecule has 1 aliphatic rings. The van der Waals surface area contributed by atoms with Gasteiger partial charge in [-0.1, -0.05) is 6.07 Å². The quantitative estimate of drug-likeness (QED) is 0.872. The van der Waals surface area contributed by atoms with E-state index in [9.17, 15) is 13.2 Å². The summed E-state index contributed by atoms with van der Waals surface area (Å²) < 4.78 is 46.2. The zero-order chi connectivity index (χ0) is 15.5. The number of halogens is 4. The summed E-state index contributed by atoms with van der Waals surface area (Å²) >= 11 is 3.10. The third-order valence-corrected chi connectivity index (χ3v) is 4.00. The van der Waals surface area contributed by atoms with Gasteiger partial charge in [-0.25, -0.2) is 0 Å². The monoisotopic (exact) mass is 367 g/mol. The molecule has 1 fully saturated rings. The third kappa shape index (κ3) is 5.16. The summed E-state index contributed by atoms with van der Waals surface area (Å²) in [4.78, 5) is 0. The number of ether oxygens (including phenoxy) is 2. The Labute approximate surface area is 129 Å². The van der Waals surface area contributed by atoms with Crippen molar-refractivity contribution in [3.05, 3.63) is 28.2 Å². The average Bonchev–Trinajstić information content (AvgIpc) is 2.39. The van der Waals surface area contributed by atoms with Gasteiger partial charge >= 0.3 is 6.36 Å². The Morgan fingerprint density at radius 2 is 2.19 bits per heavy atom. The van der Waals surface area contributed by atoms with Gasteiger partial charge in [0, 0.05) is 18.7 Å². The van der Waals surface area contributed by atoms with Crippen LogP contribution in [0.25, 0.3) is 0 Å². The van der Waals surface area contributed by atoms with Crippen molar-refractivity contribution in [1.29, 1.82) is 0 Å². The molecule has 0 aromatic heterocycles. The molecular formula is C14H17BrF3NO2. The molecule has 2 rings (SSSR count). The number of benzene rings is 1. The second-order valence-electron chi connectivity index (χ2n) is 5.38. The molecule has 0 spiro atoms. The summed E-state index contributed by atoms with van der Waals surface area (Å²) in [5.74, 6) is -0.238. The van der Waals surface area contributed by atoms with Gasteiger partial charge in [0.05, 0.1) is 11.1 Å². The van der Waals surface area contributed by atoms with Crippen molar-refractivity contribution in [2.75, 3.05) is 13.2 Å². The van der Waals surface area contributed by atoms with Crippen LogP contribution in [0.15, 0.2) is 22.7 Å². The first kappa shape index (κ1) is 16.6. The van der Waals surface area contributed by atoms with E-state index in [1.807, 2.05) is 0 Å². The van der Waals surface area contributed by atoms with Crippen LogP contribution in [0.2, 0.25) is 0 Å². The van der Waals surface area contributed by atoms with Gasteiger partial charge in [-0.05, 0) is 53.4 Å². The molecule has 1 saturated heterocycles. The number of rotatable bonds is 4. The molecule has 0 saturated carbocycles. The molecule has 1 aromatic rings. The van der Waals surface area contributed by atoms with E-state index in [1.165, 1.54) is 6.07 Å². The van der Waals surface area contributed by atoms with Crippen molar-refractivity contribution in [3.63, 3.8) is 0 Å². The highest BCUT2D eigenvalue weighted by atomic mass is 79.9. The summed E-state index contributed by atoms with van der Waals surface area (Å²) in [6, 6.07) is 4.56. The summed E-state index contributed by atoms with van der Waals surface area (Å²) in [5, 5.41) is 3.40. The van der Waals surface area contributed by atoms with Crippen molar-refractivity contribution in [1.82, 2.24) is 5.32 Å². The largest absolute Gasteiger partial charge is 0.573 e. The van der Waals surface area contributed by atoms with Crippen LogP contribution in [-0.2, 0) is 11.3 Å². The maximum atomic E-state index is 12.2. The van der Waals surface area contributed by atoms with Crippen LogP contribution in [-0.4, -0.2) is 25.1 Å². The Bertz CT molecular complexity index is 488. The summed E-state index contributed by atoms with van der Waals surface area (Å²) in [6.07, 6.45) is -2.66. The molecule has 0 aliphatic carbocycles. The van der Waals surface area contributed by atoms with E-state index >= 15 is 0 Å². The molecular weight excluding hydrogens is 351 g/mol. The highest BCUT2D eigenvalue weighted by molar-refractivity contribution is 9.10. The maximum absolute atomic E-state index is 12.2. The molecule has 1 aliphatic heterocycles. The second-order valence-corrected chi connectivity index (χ2v) is 6.24. The van der Waals surface area contributed by atoms with Gasteiger partial charge < -0.3 is 14.8 Å². The fraction of sp³-hybridized carbons (Fsp3) is 0.571. The minimum absolute atomic E-state index is 0.0914. The first-order chi connectivity index (χ1) is 9.77. The van der Waals surface area contributed by atoms with Crippen LogP contribution in [0, 0.1) is 0 Å². The van der Waals surface area contributed by atoms with Gasteiger partial charge in [-0.15, -0.1) is 13.2 Å². The normalized spacial score (nSPS) is 23.1. The van der Waals surface area contributed by atoms with E-state index < -0.39 is 6.36 Å². The van der Waals surface area contributed by atoms with Crippen LogP contribution in [0.4, 0.5) is 13.2 Å². The molecule has 1 unspecified atom stereocenters. The van der Waals surface area contributed by atoms with Crippen LogP contribution in [0.1, 0.15) is 25.3 Å². The molecule has 21 heavy (non-hydrogen) atoms. The van der Waals surface area contributed by atoms with Gasteiger partial charge in [0.2, 0.25) is 0 Å². The predicted molar refractivity (Wildman–Crippen MR) is 76.1 cm³/mol. The van der Waals surface area contributed by atoms with Crippen LogP contribution < -0.4 is 10.1 Å². The van der Waals surface area contributed by atoms with E-state index in [-0.39, 0.29) is 15.8 Å². The van der Waals surface area contributed by atoms with Gasteiger partial charge in [0.1, 0.15) is 5.75 Å². The van der Waals surface area contributed by atoms with E-state index in [2.05, 4.69) is 32.9 Å². The average molecular weight is 368 g/mol. The standard InChI is InChI=1S/C14H17BrF3NO2/c1-13(5-2-6-20-9-13)19-8-10-3-4-12(11(15)7-10)21-14(16,17)18/h3-4,7,19H,2,5-6,8-9H2,1H3. The fourth-order valence-corrected chi connectivity index (χ4v) is 2.76. The zero-order valence-corrected chi connectivity index (χ0v) is 13.2. The van der Waals surface area contributed by atoms with Gasteiger partial charge in [0.15, 0.2) is 0 Å². The summed E-state index contributed by atoms with van der Waals surface area (Å²) in [5.41, 5.74) is 0.787. The molecule has 0 bridgehead atoms. The molecule has 1 heterocycles. The lowest BCUT2D eigenvalue weighted by atomic mass is 9.94. The van der Waals surface area contributed by atoms with Gasteiger partial charge in [0.25, 0.3) is 0 Å². The summed E-state index contributed by atoms with van der Waals surface area (Å²) in [6.45, 7) is 4.07. The first-order valence-electron chi connectivity index (χ1n) is 6.64. The first-order valence-corrected chi connectivity index (χ1v) is 7.44. The van der Waals surface area contributed by atoms with Crippen molar-refractivity contribution in [3.8, 4) is 5.75 Å². The second kappa shape index (κ2) is 6.54. The molecule has 7 heteroatoms. The minimum atomic E-state index is -4.69. The number of nitrogens with one attached hydrogen (secondary N) is 1. The highest BCUT2D eigenvalue weighted by Gasteiger charge is 2.32. The Kier molecular flexibility index (Phi) is 5.16. The molecule has 118 valence electrons. The number of hydrogen-bond donors (Lipinski definition) is 1. The molecule has 1 atom stereocenters. The Balaban J connectivity index is 1.97. The summed E-state index contributed by atoms with van der Waals surface area (Å²) in [7, 11) is 0. The minimum Gasteiger partial charge on any atom is -0.405 e. The smallest absolute Gasteiger partial charge is 0.405 e. The topological polar surface area (TPSA) is 30.5 Å². The van der Waals surface area contributed by atoms with E-state index in [4.69, 9.17) is 4.74 Å². The Morgan fingerprint density at radius 3 is 2.76 bits per heavy atom. The van der Waals surface area contributed by atoms with Crippen LogP contribution in [0.3, 0.4) is 0 Å². The molecule has 0 radical (unpaired) electrons. The van der Waals surface area contributed by atoms with E-state index in [1.54, 1.807) is 12.1 Å². The molecule has 3 nitrogen and oxygen atoms in total. The number of hydrogen-bond acceptors (Lipinski definition) is 3. The zero-order valence-electron chi connectivity index (χ0n) is 11.6. The van der Waals surface area contributed by atoms with Crippen LogP contribution >= 0.6 is 15.9 Å². The lowest BCUT2D eigenvalue weighted by molar-refractivity contribution is -0.274. The number of alkyl halides is 3. The van der Waals surface area contributed by atoms with E-state index in [0.29, 0.717) is 13.2 Å². The predicted octanol–water partition coefficient (Wildman–Crippen LogP) is 4.01. The molecule has 0 amide bonds. The highest BCUT2D eigenvalue weighted by Crippen LogP contribution is 2.31. The Hall–Kier alpha value is -0.790. The van der Waals surface area contributed by atoms with Crippen molar-refractivity contribution < 1.29 is 22.6 Å². The molecule has 1 N–H and O–H groups in total. The van der Waals surface area contributed by atoms with E-state index in [0.717, 1.165) is 25.0 Å². The van der Waals surface area contributed by atoms with Gasteiger partial charge in [-0.3, -0.25) is 0 Å². The Morgan fingerprint density at radius 1 is 1.43 bits per heavy atom. The third-order valence-electron chi connectivity index (χ3n) is 3.38. The van der Waals surface area contributed by atoms with Crippen molar-refractivity contribution >= 4 is 15.9 Å². The lowest BCUT2D eigenvalue weighted by Gasteiger charge is -2.34. The van der Waals surface area contributed by atoms with Crippen LogP contribution in [0.5, 0.6) is 5.75 Å². The molecule has 1 aromatic carbocycles.